The number of aromatic amines is 1. The topological polar surface area (TPSA) is 157 Å². The van der Waals surface area contributed by atoms with Crippen molar-refractivity contribution in [3.8, 4) is 34.3 Å². The van der Waals surface area contributed by atoms with Gasteiger partial charge in [0.15, 0.2) is 23.0 Å². The molecule has 0 bridgehead atoms. The molecule has 2 fully saturated rings. The van der Waals surface area contributed by atoms with Gasteiger partial charge in [0.05, 0.1) is 51.5 Å². The summed E-state index contributed by atoms with van der Waals surface area (Å²) in [4.78, 5) is 55.5. The second-order valence-corrected chi connectivity index (χ2v) is 14.8. The third-order valence-electron chi connectivity index (χ3n) is 10.7. The number of nitrogens with zero attached hydrogens (tertiary/aromatic N) is 4. The lowest BCUT2D eigenvalue weighted by Crippen LogP contribution is -2.59. The van der Waals surface area contributed by atoms with E-state index in [4.69, 9.17) is 28.7 Å². The number of hydrogen-bond acceptors (Lipinski definition) is 10. The van der Waals surface area contributed by atoms with Crippen LogP contribution in [0.4, 0.5) is 4.79 Å². The lowest BCUT2D eigenvalue weighted by molar-refractivity contribution is -0.145. The predicted octanol–water partition coefficient (Wildman–Crippen LogP) is 5.96. The Morgan fingerprint density at radius 3 is 2.11 bits per heavy atom. The number of nitrogens with one attached hydrogen (secondary N) is 2. The average molecular weight is 741 g/mol. The molecule has 4 atom stereocenters. The molecule has 286 valence electrons. The van der Waals surface area contributed by atoms with E-state index in [1.807, 2.05) is 68.3 Å². The fourth-order valence-electron chi connectivity index (χ4n) is 7.09. The first kappa shape index (κ1) is 37.1. The molecule has 1 aromatic heterocycles. The van der Waals surface area contributed by atoms with Gasteiger partial charge in [-0.05, 0) is 53.3 Å². The van der Waals surface area contributed by atoms with Gasteiger partial charge >= 0.3 is 6.09 Å². The number of alkyl carbamates (subject to hydrolysis) is 1. The Hall–Kier alpha value is -5.21. The minimum Gasteiger partial charge on any atom is -0.453 e. The second-order valence-electron chi connectivity index (χ2n) is 14.8. The van der Waals surface area contributed by atoms with E-state index in [2.05, 4.69) is 29.1 Å². The Morgan fingerprint density at radius 1 is 0.833 bits per heavy atom. The summed E-state index contributed by atoms with van der Waals surface area (Å²) < 4.78 is 29.0. The van der Waals surface area contributed by atoms with Gasteiger partial charge in [-0.1, -0.05) is 40.7 Å². The van der Waals surface area contributed by atoms with Crippen molar-refractivity contribution < 1.29 is 38.1 Å². The molecule has 2 saturated heterocycles. The fourth-order valence-corrected chi connectivity index (χ4v) is 7.09. The van der Waals surface area contributed by atoms with Crippen molar-refractivity contribution in [2.24, 2.45) is 22.7 Å². The lowest BCUT2D eigenvalue weighted by Gasteiger charge is -2.38. The van der Waals surface area contributed by atoms with E-state index < -0.39 is 12.1 Å². The van der Waals surface area contributed by atoms with Crippen LogP contribution in [0, 0.1) is 17.8 Å². The highest BCUT2D eigenvalue weighted by Gasteiger charge is 2.38. The van der Waals surface area contributed by atoms with Crippen molar-refractivity contribution in [2.45, 2.75) is 59.2 Å². The summed E-state index contributed by atoms with van der Waals surface area (Å²) in [5.41, 5.74) is 4.36. The Morgan fingerprint density at radius 2 is 1.46 bits per heavy atom. The van der Waals surface area contributed by atoms with E-state index in [-0.39, 0.29) is 41.7 Å². The van der Waals surface area contributed by atoms with Gasteiger partial charge in [0.1, 0.15) is 17.9 Å². The molecule has 0 saturated carbocycles. The molecule has 2 N–H and O–H groups in total. The molecule has 4 aliphatic heterocycles. The molecule has 0 aliphatic carbocycles. The van der Waals surface area contributed by atoms with Gasteiger partial charge in [0.2, 0.25) is 11.8 Å². The molecule has 0 spiro atoms. The lowest BCUT2D eigenvalue weighted by atomic mass is 9.95. The number of allylic oxidation sites excluding steroid dienone is 1. The number of benzene rings is 2. The van der Waals surface area contributed by atoms with Crippen molar-refractivity contribution in [2.75, 3.05) is 46.6 Å². The van der Waals surface area contributed by atoms with Crippen molar-refractivity contribution in [3.63, 3.8) is 0 Å². The van der Waals surface area contributed by atoms with E-state index in [1.165, 1.54) is 7.11 Å². The molecular weight excluding hydrogens is 692 g/mol. The normalized spacial score (nSPS) is 20.6. The van der Waals surface area contributed by atoms with E-state index in [0.717, 1.165) is 28.1 Å². The third kappa shape index (κ3) is 7.45. The number of amides is 3. The van der Waals surface area contributed by atoms with Gasteiger partial charge in [0.25, 0.3) is 0 Å². The monoisotopic (exact) mass is 740 g/mol. The van der Waals surface area contributed by atoms with Crippen molar-refractivity contribution in [1.29, 1.82) is 0 Å². The molecule has 2 aromatic carbocycles. The molecule has 14 nitrogen and oxygen atoms in total. The van der Waals surface area contributed by atoms with Crippen LogP contribution in [0.5, 0.6) is 23.0 Å². The first-order valence-corrected chi connectivity index (χ1v) is 18.6. The Labute approximate surface area is 314 Å². The summed E-state index contributed by atoms with van der Waals surface area (Å²) in [6, 6.07) is 10.1. The Balaban J connectivity index is 1.02. The molecular formula is C40H48N6O8. The first-order valence-electron chi connectivity index (χ1n) is 18.6. The number of morpholine rings is 2. The van der Waals surface area contributed by atoms with E-state index in [0.29, 0.717) is 74.8 Å². The fraction of sp³-hybridized carbons (Fsp3) is 0.475. The zero-order chi connectivity index (χ0) is 38.1. The maximum atomic E-state index is 13.7. The van der Waals surface area contributed by atoms with Crippen LogP contribution >= 0.6 is 0 Å². The van der Waals surface area contributed by atoms with E-state index in [9.17, 15) is 14.4 Å². The zero-order valence-electron chi connectivity index (χ0n) is 31.6. The highest BCUT2D eigenvalue weighted by Crippen LogP contribution is 2.47. The molecule has 14 heteroatoms. The van der Waals surface area contributed by atoms with Crippen LogP contribution in [-0.4, -0.2) is 102 Å². The Kier molecular flexibility index (Phi) is 10.8. The largest absolute Gasteiger partial charge is 0.453 e. The second kappa shape index (κ2) is 15.6. The smallest absolute Gasteiger partial charge is 0.407 e. The number of ether oxygens (including phenoxy) is 5. The summed E-state index contributed by atoms with van der Waals surface area (Å²) in [7, 11) is 1.28. The van der Waals surface area contributed by atoms with Crippen molar-refractivity contribution in [3.05, 3.63) is 60.2 Å². The quantitative estimate of drug-likeness (QED) is 0.211. The van der Waals surface area contributed by atoms with Gasteiger partial charge in [-0.25, -0.2) is 9.78 Å². The molecule has 3 aromatic rings. The summed E-state index contributed by atoms with van der Waals surface area (Å²) in [5, 5.41) is 2.69. The van der Waals surface area contributed by atoms with Gasteiger partial charge in [-0.2, -0.15) is 0 Å². The van der Waals surface area contributed by atoms with Crippen LogP contribution in [0.25, 0.3) is 16.8 Å². The highest BCUT2D eigenvalue weighted by molar-refractivity contribution is 6.04. The summed E-state index contributed by atoms with van der Waals surface area (Å²) >= 11 is 0. The van der Waals surface area contributed by atoms with Crippen molar-refractivity contribution in [1.82, 2.24) is 25.1 Å². The maximum Gasteiger partial charge on any atom is 0.407 e. The number of aromatic nitrogens is 2. The van der Waals surface area contributed by atoms with Crippen molar-refractivity contribution >= 4 is 29.2 Å². The van der Waals surface area contributed by atoms with Crippen LogP contribution in [0.2, 0.25) is 0 Å². The van der Waals surface area contributed by atoms with Gasteiger partial charge in [-0.3, -0.25) is 14.6 Å². The van der Waals surface area contributed by atoms with E-state index in [1.54, 1.807) is 11.1 Å². The number of fused-ring (bicyclic) bond motifs is 2. The summed E-state index contributed by atoms with van der Waals surface area (Å²) in [6.45, 7) is 12.4. The molecule has 4 aliphatic rings. The molecule has 54 heavy (non-hydrogen) atoms. The maximum absolute atomic E-state index is 13.7. The van der Waals surface area contributed by atoms with Crippen LogP contribution in [0.3, 0.4) is 0 Å². The molecule has 3 amide bonds. The number of aliphatic imine (C=N–C) groups is 1. The van der Waals surface area contributed by atoms with Gasteiger partial charge in [0, 0.05) is 42.9 Å². The van der Waals surface area contributed by atoms with Crippen LogP contribution in [-0.2, 0) is 23.8 Å². The number of rotatable bonds is 9. The number of H-pyrrole nitrogens is 1. The van der Waals surface area contributed by atoms with Crippen LogP contribution in [0.1, 0.15) is 58.5 Å². The predicted molar refractivity (Wildman–Crippen MR) is 200 cm³/mol. The molecule has 0 radical (unpaired) electrons. The van der Waals surface area contributed by atoms with E-state index >= 15 is 0 Å². The average Bonchev–Trinajstić information content (AvgIpc) is 3.89. The molecule has 0 unspecified atom stereocenters. The number of methoxy groups -OCH3 is 1. The minimum atomic E-state index is -0.737. The van der Waals surface area contributed by atoms with Gasteiger partial charge < -0.3 is 43.8 Å². The van der Waals surface area contributed by atoms with Crippen LogP contribution in [0.15, 0.2) is 53.8 Å². The van der Waals surface area contributed by atoms with Crippen LogP contribution < -0.4 is 14.8 Å². The zero-order valence-corrected chi connectivity index (χ0v) is 31.6. The number of carbonyl (C=O) groups excluding carboxylic acids is 3. The van der Waals surface area contributed by atoms with Gasteiger partial charge in [-0.15, -0.1) is 0 Å². The molecule has 7 rings (SSSR count). The first-order chi connectivity index (χ1) is 26.0. The highest BCUT2D eigenvalue weighted by atomic mass is 16.6. The third-order valence-corrected chi connectivity index (χ3v) is 10.7. The Bertz CT molecular complexity index is 1970. The number of imidazole rings is 1. The number of carbonyl (C=O) groups is 3. The number of hydrogen-bond donors (Lipinski definition) is 2. The standard InChI is InChI=1S/C40H48N6O8/c1-22(2)24(5)38(47)46-12-14-52-21-31(46)37-42-19-29(43-37)26-8-10-33-35(17-26)54-32-9-7-25(16-34(32)53-33)27-15-28(41-18-27)30-20-51-13-11-45(30)39(48)36(23(3)4)44-40(49)50-6/h7-10,16-19,22-24,30-31,36H,11-15,20-21H2,1-6H3,(H,42,43)(H,44,49)/t24-,30-,31-,36-/m0/s1. The summed E-state index contributed by atoms with van der Waals surface area (Å²) in [5.74, 6) is 2.90. The summed E-state index contributed by atoms with van der Waals surface area (Å²) in [6.07, 6.45) is 3.47. The minimum absolute atomic E-state index is 0.0980. The molecule has 5 heterocycles. The SMILES string of the molecule is COC(=O)N[C@H](C(=O)N1CCOC[C@H]1C1=NC=C(c2ccc3c(c2)Oc2ccc(-c4cnc([C@@H]5COCCN5C(=O)[C@@H](C)C(C)C)[nH]4)cc2O3)C1)C(C)C.